The molecule has 0 aliphatic rings. The van der Waals surface area contributed by atoms with E-state index >= 15 is 0 Å². The van der Waals surface area contributed by atoms with E-state index in [0.29, 0.717) is 18.7 Å². The number of hydrogen-bond donors (Lipinski definition) is 1. The molecule has 0 aliphatic carbocycles. The zero-order chi connectivity index (χ0) is 22.2. The van der Waals surface area contributed by atoms with Gasteiger partial charge in [-0.25, -0.2) is 13.4 Å². The molecule has 160 valence electrons. The standard InChI is InChI=1S/C22H22N4O4S/c1-15-9-10-19-24-21-17(22(27)26(19)14-15)13-18(20(23)25(21)11-6-12-30-2)31(28,29)16-7-4-3-5-8-16/h3-5,7-10,13-14,23H,6,11-12H2,1-2H3. The molecule has 0 aliphatic heterocycles. The van der Waals surface area contributed by atoms with E-state index in [1.54, 1.807) is 37.6 Å². The largest absolute Gasteiger partial charge is 0.385 e. The summed E-state index contributed by atoms with van der Waals surface area (Å²) in [6.45, 7) is 2.57. The Bertz CT molecular complexity index is 1510. The summed E-state index contributed by atoms with van der Waals surface area (Å²) in [5.74, 6) is 0. The van der Waals surface area contributed by atoms with Crippen LogP contribution in [0.2, 0.25) is 0 Å². The second kappa shape index (κ2) is 8.09. The van der Waals surface area contributed by atoms with Crippen LogP contribution in [-0.4, -0.2) is 36.1 Å². The summed E-state index contributed by atoms with van der Waals surface area (Å²) in [5, 5.41) is 8.82. The minimum Gasteiger partial charge on any atom is -0.385 e. The van der Waals surface area contributed by atoms with E-state index in [4.69, 9.17) is 10.1 Å². The summed E-state index contributed by atoms with van der Waals surface area (Å²) >= 11 is 0. The summed E-state index contributed by atoms with van der Waals surface area (Å²) in [4.78, 5) is 17.7. The van der Waals surface area contributed by atoms with Crippen LogP contribution in [0.4, 0.5) is 0 Å². The number of rotatable bonds is 6. The Kier molecular flexibility index (Phi) is 5.47. The van der Waals surface area contributed by atoms with Gasteiger partial charge in [-0.1, -0.05) is 24.3 Å². The lowest BCUT2D eigenvalue weighted by molar-refractivity contribution is 0.190. The number of ether oxygens (including phenoxy) is 1. The summed E-state index contributed by atoms with van der Waals surface area (Å²) in [6.07, 6.45) is 2.20. The normalized spacial score (nSPS) is 11.9. The van der Waals surface area contributed by atoms with Crippen molar-refractivity contribution in [3.8, 4) is 0 Å². The summed E-state index contributed by atoms with van der Waals surface area (Å²) in [7, 11) is -2.44. The molecule has 0 spiro atoms. The van der Waals surface area contributed by atoms with Crippen LogP contribution in [-0.2, 0) is 21.1 Å². The van der Waals surface area contributed by atoms with Crippen LogP contribution in [0.15, 0.2) is 69.3 Å². The lowest BCUT2D eigenvalue weighted by Gasteiger charge is -2.15. The fraction of sp³-hybridized carbons (Fsp3) is 0.227. The number of nitrogens with zero attached hydrogens (tertiary/aromatic N) is 3. The van der Waals surface area contributed by atoms with E-state index < -0.39 is 9.84 Å². The van der Waals surface area contributed by atoms with Gasteiger partial charge in [-0.3, -0.25) is 14.6 Å². The first kappa shape index (κ1) is 21.0. The lowest BCUT2D eigenvalue weighted by atomic mass is 10.2. The van der Waals surface area contributed by atoms with Gasteiger partial charge in [0.1, 0.15) is 21.7 Å². The Labute approximate surface area is 178 Å². The van der Waals surface area contributed by atoms with Crippen LogP contribution in [0.25, 0.3) is 16.7 Å². The van der Waals surface area contributed by atoms with Gasteiger partial charge in [-0.05, 0) is 43.2 Å². The van der Waals surface area contributed by atoms with Crippen molar-refractivity contribution in [2.24, 2.45) is 0 Å². The molecule has 9 heteroatoms. The topological polar surface area (TPSA) is 107 Å². The SMILES string of the molecule is COCCCn1c(=N)c(S(=O)(=O)c2ccccc2)cc2c(=O)n3cc(C)ccc3nc21. The molecule has 0 saturated heterocycles. The Balaban J connectivity index is 2.09. The number of methoxy groups -OCH3 is 1. The van der Waals surface area contributed by atoms with Gasteiger partial charge in [0.05, 0.1) is 10.3 Å². The van der Waals surface area contributed by atoms with Crippen LogP contribution >= 0.6 is 0 Å². The number of fused-ring (bicyclic) bond motifs is 2. The van der Waals surface area contributed by atoms with Crippen LogP contribution in [0.1, 0.15) is 12.0 Å². The monoisotopic (exact) mass is 438 g/mol. The molecule has 0 unspecified atom stereocenters. The molecule has 3 heterocycles. The first-order valence-electron chi connectivity index (χ1n) is 9.75. The first-order chi connectivity index (χ1) is 14.8. The van der Waals surface area contributed by atoms with Gasteiger partial charge in [0.2, 0.25) is 9.84 Å². The Hall–Kier alpha value is -3.30. The zero-order valence-electron chi connectivity index (χ0n) is 17.2. The maximum absolute atomic E-state index is 13.3. The highest BCUT2D eigenvalue weighted by atomic mass is 32.2. The Morgan fingerprint density at radius 3 is 2.58 bits per heavy atom. The van der Waals surface area contributed by atoms with E-state index in [-0.39, 0.29) is 38.4 Å². The lowest BCUT2D eigenvalue weighted by Crippen LogP contribution is -2.30. The molecule has 0 fully saturated rings. The molecule has 3 aromatic heterocycles. The van der Waals surface area contributed by atoms with Gasteiger partial charge >= 0.3 is 0 Å². The smallest absolute Gasteiger partial charge is 0.267 e. The second-order valence-corrected chi connectivity index (χ2v) is 9.18. The number of aryl methyl sites for hydroxylation is 2. The first-order valence-corrected chi connectivity index (χ1v) is 11.2. The zero-order valence-corrected chi connectivity index (χ0v) is 18.0. The van der Waals surface area contributed by atoms with Crippen molar-refractivity contribution >= 4 is 26.5 Å². The highest BCUT2D eigenvalue weighted by molar-refractivity contribution is 7.91. The van der Waals surface area contributed by atoms with Crippen LogP contribution in [0.5, 0.6) is 0 Å². The molecule has 1 aromatic carbocycles. The van der Waals surface area contributed by atoms with Gasteiger partial charge in [0, 0.05) is 26.5 Å². The van der Waals surface area contributed by atoms with Gasteiger partial charge < -0.3 is 9.30 Å². The van der Waals surface area contributed by atoms with Crippen molar-refractivity contribution < 1.29 is 13.2 Å². The van der Waals surface area contributed by atoms with Crippen molar-refractivity contribution in [1.82, 2.24) is 14.0 Å². The van der Waals surface area contributed by atoms with E-state index in [2.05, 4.69) is 4.98 Å². The van der Waals surface area contributed by atoms with E-state index in [9.17, 15) is 13.2 Å². The summed E-state index contributed by atoms with van der Waals surface area (Å²) in [5.41, 5.74) is 0.992. The molecule has 0 saturated carbocycles. The molecule has 4 rings (SSSR count). The van der Waals surface area contributed by atoms with Gasteiger partial charge in [0.15, 0.2) is 0 Å². The molecule has 31 heavy (non-hydrogen) atoms. The highest BCUT2D eigenvalue weighted by Crippen LogP contribution is 2.20. The molecule has 0 amide bonds. The van der Waals surface area contributed by atoms with E-state index in [1.807, 2.05) is 13.0 Å². The number of hydrogen-bond acceptors (Lipinski definition) is 6. The van der Waals surface area contributed by atoms with E-state index in [0.717, 1.165) is 5.56 Å². The predicted octanol–water partition coefficient (Wildman–Crippen LogP) is 2.31. The van der Waals surface area contributed by atoms with Gasteiger partial charge in [-0.15, -0.1) is 0 Å². The van der Waals surface area contributed by atoms with Crippen molar-refractivity contribution in [3.63, 3.8) is 0 Å². The number of benzene rings is 1. The molecule has 0 atom stereocenters. The van der Waals surface area contributed by atoms with Crippen molar-refractivity contribution in [3.05, 3.63) is 76.1 Å². The van der Waals surface area contributed by atoms with Crippen LogP contribution < -0.4 is 11.0 Å². The summed E-state index contributed by atoms with van der Waals surface area (Å²) < 4.78 is 34.6. The molecule has 1 N–H and O–H groups in total. The average molecular weight is 439 g/mol. The van der Waals surface area contributed by atoms with Crippen molar-refractivity contribution in [1.29, 1.82) is 5.41 Å². The number of aromatic nitrogens is 3. The quantitative estimate of drug-likeness (QED) is 0.367. The number of nitrogens with one attached hydrogen (secondary N) is 1. The fourth-order valence-corrected chi connectivity index (χ4v) is 4.94. The van der Waals surface area contributed by atoms with Gasteiger partial charge in [0.25, 0.3) is 5.56 Å². The summed E-state index contributed by atoms with van der Waals surface area (Å²) in [6, 6.07) is 12.8. The maximum Gasteiger partial charge on any atom is 0.267 e. The molecule has 0 bridgehead atoms. The minimum atomic E-state index is -4.01. The third-order valence-electron chi connectivity index (χ3n) is 5.09. The van der Waals surface area contributed by atoms with Crippen LogP contribution in [0, 0.1) is 12.3 Å². The fourth-order valence-electron chi connectivity index (χ4n) is 3.53. The minimum absolute atomic E-state index is 0.0657. The Morgan fingerprint density at radius 1 is 1.13 bits per heavy atom. The molecule has 4 aromatic rings. The number of pyridine rings is 2. The molecular weight excluding hydrogens is 416 g/mol. The van der Waals surface area contributed by atoms with Gasteiger partial charge in [-0.2, -0.15) is 0 Å². The highest BCUT2D eigenvalue weighted by Gasteiger charge is 2.24. The van der Waals surface area contributed by atoms with E-state index in [1.165, 1.54) is 27.2 Å². The number of sulfone groups is 1. The predicted molar refractivity (Wildman–Crippen MR) is 116 cm³/mol. The van der Waals surface area contributed by atoms with Crippen molar-refractivity contribution in [2.45, 2.75) is 29.7 Å². The second-order valence-electron chi connectivity index (χ2n) is 7.26. The van der Waals surface area contributed by atoms with Crippen molar-refractivity contribution in [2.75, 3.05) is 13.7 Å². The third kappa shape index (κ3) is 3.66. The van der Waals surface area contributed by atoms with Crippen LogP contribution in [0.3, 0.4) is 0 Å². The molecule has 8 nitrogen and oxygen atoms in total. The Morgan fingerprint density at radius 2 is 1.87 bits per heavy atom. The molecule has 0 radical (unpaired) electrons. The average Bonchev–Trinajstić information content (AvgIpc) is 2.76. The maximum atomic E-state index is 13.3. The molecular formula is C22H22N4O4S. The third-order valence-corrected chi connectivity index (χ3v) is 6.88.